The highest BCUT2D eigenvalue weighted by molar-refractivity contribution is 5.77. The van der Waals surface area contributed by atoms with Crippen LogP contribution < -0.4 is 0 Å². The lowest BCUT2D eigenvalue weighted by Gasteiger charge is -2.32. The van der Waals surface area contributed by atoms with Crippen molar-refractivity contribution in [1.29, 1.82) is 0 Å². The van der Waals surface area contributed by atoms with Gasteiger partial charge in [0.2, 0.25) is 0 Å². The van der Waals surface area contributed by atoms with Gasteiger partial charge in [0, 0.05) is 18.7 Å². The monoisotopic (exact) mass is 253 g/mol. The molecular weight excluding hydrogens is 237 g/mol. The Labute approximate surface area is 105 Å². The molecule has 5 heteroatoms. The van der Waals surface area contributed by atoms with Crippen LogP contribution in [-0.2, 0) is 14.3 Å². The number of morpholine rings is 1. The minimum Gasteiger partial charge on any atom is -0.468 e. The first-order valence-corrected chi connectivity index (χ1v) is 5.88. The Morgan fingerprint density at radius 2 is 2.06 bits per heavy atom. The largest absolute Gasteiger partial charge is 0.468 e. The molecule has 0 amide bonds. The van der Waals surface area contributed by atoms with Crippen molar-refractivity contribution in [2.45, 2.75) is 6.04 Å². The molecule has 1 aromatic carbocycles. The van der Waals surface area contributed by atoms with Gasteiger partial charge < -0.3 is 9.47 Å². The van der Waals surface area contributed by atoms with Gasteiger partial charge in [-0.1, -0.05) is 18.2 Å². The van der Waals surface area contributed by atoms with Gasteiger partial charge in [-0.3, -0.25) is 4.90 Å². The molecule has 1 aromatic rings. The van der Waals surface area contributed by atoms with E-state index >= 15 is 0 Å². The molecule has 0 unspecified atom stereocenters. The van der Waals surface area contributed by atoms with Crippen molar-refractivity contribution in [1.82, 2.24) is 4.90 Å². The summed E-state index contributed by atoms with van der Waals surface area (Å²) in [6, 6.07) is 5.60. The summed E-state index contributed by atoms with van der Waals surface area (Å²) in [5.74, 6) is -0.832. The van der Waals surface area contributed by atoms with E-state index in [1.807, 2.05) is 4.90 Å². The number of ether oxygens (including phenoxy) is 2. The van der Waals surface area contributed by atoms with Gasteiger partial charge in [0.05, 0.1) is 20.3 Å². The number of carbonyl (C=O) groups is 1. The highest BCUT2D eigenvalue weighted by Gasteiger charge is 2.31. The molecule has 0 N–H and O–H groups in total. The Bertz CT molecular complexity index is 418. The third-order valence-electron chi connectivity index (χ3n) is 3.04. The second kappa shape index (κ2) is 5.93. The third kappa shape index (κ3) is 2.68. The summed E-state index contributed by atoms with van der Waals surface area (Å²) in [6.45, 7) is 2.27. The zero-order chi connectivity index (χ0) is 13.0. The molecule has 0 bridgehead atoms. The molecule has 4 nitrogen and oxygen atoms in total. The Balaban J connectivity index is 2.30. The average Bonchev–Trinajstić information content (AvgIpc) is 2.42. The molecule has 0 aromatic heterocycles. The molecule has 98 valence electrons. The predicted octanol–water partition coefficient (Wildman–Crippen LogP) is 1.37. The van der Waals surface area contributed by atoms with Crippen LogP contribution in [0.2, 0.25) is 0 Å². The number of nitrogens with zero attached hydrogens (tertiary/aromatic N) is 1. The average molecular weight is 253 g/mol. The van der Waals surface area contributed by atoms with Crippen molar-refractivity contribution in [3.05, 3.63) is 35.6 Å². The van der Waals surface area contributed by atoms with E-state index in [1.54, 1.807) is 18.2 Å². The zero-order valence-corrected chi connectivity index (χ0v) is 10.3. The number of carbonyl (C=O) groups excluding carboxylic acids is 1. The lowest BCUT2D eigenvalue weighted by Crippen LogP contribution is -2.42. The summed E-state index contributed by atoms with van der Waals surface area (Å²) in [5, 5.41) is 0. The van der Waals surface area contributed by atoms with Gasteiger partial charge in [0.15, 0.2) is 0 Å². The Kier molecular flexibility index (Phi) is 4.28. The summed E-state index contributed by atoms with van der Waals surface area (Å²) in [6.07, 6.45) is 0. The maximum atomic E-state index is 13.8. The molecule has 0 spiro atoms. The van der Waals surface area contributed by atoms with Crippen molar-refractivity contribution in [2.24, 2.45) is 0 Å². The van der Waals surface area contributed by atoms with E-state index in [0.717, 1.165) is 0 Å². The predicted molar refractivity (Wildman–Crippen MR) is 63.5 cm³/mol. The summed E-state index contributed by atoms with van der Waals surface area (Å²) >= 11 is 0. The van der Waals surface area contributed by atoms with E-state index in [4.69, 9.17) is 9.47 Å². The molecule has 2 rings (SSSR count). The molecule has 1 aliphatic rings. The number of benzene rings is 1. The number of hydrogen-bond acceptors (Lipinski definition) is 4. The fraction of sp³-hybridized carbons (Fsp3) is 0.462. The molecule has 1 saturated heterocycles. The fourth-order valence-electron chi connectivity index (χ4n) is 2.12. The first-order valence-electron chi connectivity index (χ1n) is 5.88. The smallest absolute Gasteiger partial charge is 0.327 e. The Morgan fingerprint density at radius 1 is 1.39 bits per heavy atom. The van der Waals surface area contributed by atoms with E-state index in [-0.39, 0.29) is 5.82 Å². The second-order valence-corrected chi connectivity index (χ2v) is 4.10. The lowest BCUT2D eigenvalue weighted by atomic mass is 10.0. The van der Waals surface area contributed by atoms with Crippen LogP contribution in [0, 0.1) is 5.82 Å². The fourth-order valence-corrected chi connectivity index (χ4v) is 2.12. The highest BCUT2D eigenvalue weighted by atomic mass is 19.1. The zero-order valence-electron chi connectivity index (χ0n) is 10.3. The van der Waals surface area contributed by atoms with E-state index < -0.39 is 12.0 Å². The molecule has 18 heavy (non-hydrogen) atoms. The molecule has 0 aliphatic carbocycles. The van der Waals surface area contributed by atoms with E-state index in [2.05, 4.69) is 0 Å². The maximum Gasteiger partial charge on any atom is 0.327 e. The maximum absolute atomic E-state index is 13.8. The van der Waals surface area contributed by atoms with E-state index in [9.17, 15) is 9.18 Å². The summed E-state index contributed by atoms with van der Waals surface area (Å²) in [4.78, 5) is 13.8. The van der Waals surface area contributed by atoms with Gasteiger partial charge in [0.1, 0.15) is 11.9 Å². The van der Waals surface area contributed by atoms with Gasteiger partial charge in [-0.15, -0.1) is 0 Å². The van der Waals surface area contributed by atoms with Crippen LogP contribution in [0.1, 0.15) is 11.6 Å². The molecule has 0 radical (unpaired) electrons. The first kappa shape index (κ1) is 13.0. The van der Waals surface area contributed by atoms with Crippen molar-refractivity contribution < 1.29 is 18.7 Å². The summed E-state index contributed by atoms with van der Waals surface area (Å²) in [5.41, 5.74) is 0.353. The standard InChI is InChI=1S/C13H16FNO3/c1-17-13(16)12(15-6-8-18-9-7-15)10-4-2-3-5-11(10)14/h2-5,12H,6-9H2,1H3/t12-/m1/s1. The van der Waals surface area contributed by atoms with Crippen LogP contribution >= 0.6 is 0 Å². The van der Waals surface area contributed by atoms with Gasteiger partial charge in [0.25, 0.3) is 0 Å². The minimum absolute atomic E-state index is 0.353. The van der Waals surface area contributed by atoms with E-state index in [0.29, 0.717) is 31.9 Å². The van der Waals surface area contributed by atoms with Crippen LogP contribution in [-0.4, -0.2) is 44.3 Å². The van der Waals surface area contributed by atoms with Crippen molar-refractivity contribution in [3.63, 3.8) is 0 Å². The van der Waals surface area contributed by atoms with E-state index in [1.165, 1.54) is 13.2 Å². The van der Waals surface area contributed by atoms with Crippen LogP contribution in [0.25, 0.3) is 0 Å². The third-order valence-corrected chi connectivity index (χ3v) is 3.04. The van der Waals surface area contributed by atoms with Gasteiger partial charge >= 0.3 is 5.97 Å². The molecule has 1 atom stereocenters. The van der Waals surface area contributed by atoms with Crippen LogP contribution in [0.4, 0.5) is 4.39 Å². The van der Waals surface area contributed by atoms with Crippen LogP contribution in [0.3, 0.4) is 0 Å². The summed E-state index contributed by atoms with van der Waals surface area (Å²) < 4.78 is 23.9. The SMILES string of the molecule is COC(=O)[C@@H](c1ccccc1F)N1CCOCC1. The normalized spacial score (nSPS) is 18.3. The van der Waals surface area contributed by atoms with Crippen LogP contribution in [0.5, 0.6) is 0 Å². The Morgan fingerprint density at radius 3 is 2.67 bits per heavy atom. The molecule has 0 saturated carbocycles. The van der Waals surface area contributed by atoms with Crippen LogP contribution in [0.15, 0.2) is 24.3 Å². The molecular formula is C13H16FNO3. The van der Waals surface area contributed by atoms with Crippen molar-refractivity contribution in [3.8, 4) is 0 Å². The number of halogens is 1. The second-order valence-electron chi connectivity index (χ2n) is 4.10. The first-order chi connectivity index (χ1) is 8.74. The molecule has 1 fully saturated rings. The van der Waals surface area contributed by atoms with Crippen molar-refractivity contribution >= 4 is 5.97 Å². The summed E-state index contributed by atoms with van der Waals surface area (Å²) in [7, 11) is 1.32. The quantitative estimate of drug-likeness (QED) is 0.763. The number of esters is 1. The number of hydrogen-bond donors (Lipinski definition) is 0. The topological polar surface area (TPSA) is 38.8 Å². The Hall–Kier alpha value is -1.46. The number of rotatable bonds is 3. The number of methoxy groups -OCH3 is 1. The van der Waals surface area contributed by atoms with Gasteiger partial charge in [-0.2, -0.15) is 0 Å². The van der Waals surface area contributed by atoms with Crippen molar-refractivity contribution in [2.75, 3.05) is 33.4 Å². The van der Waals surface area contributed by atoms with Gasteiger partial charge in [-0.25, -0.2) is 9.18 Å². The lowest BCUT2D eigenvalue weighted by molar-refractivity contribution is -0.149. The minimum atomic E-state index is -0.694. The molecule has 1 heterocycles. The van der Waals surface area contributed by atoms with Gasteiger partial charge in [-0.05, 0) is 6.07 Å². The molecule has 1 aliphatic heterocycles. The highest BCUT2D eigenvalue weighted by Crippen LogP contribution is 2.25.